The number of nitrogens with one attached hydrogen (secondary N) is 5. The van der Waals surface area contributed by atoms with Gasteiger partial charge in [0.2, 0.25) is 54.2 Å². The molecule has 0 radical (unpaired) electrons. The maximum Gasteiger partial charge on any atom is 1.00 e. The van der Waals surface area contributed by atoms with Crippen LogP contribution in [0.3, 0.4) is 0 Å². The Hall–Kier alpha value is -3.04. The van der Waals surface area contributed by atoms with E-state index in [1.807, 2.05) is 0 Å². The van der Waals surface area contributed by atoms with Crippen molar-refractivity contribution in [1.29, 1.82) is 0 Å². The van der Waals surface area contributed by atoms with Crippen molar-refractivity contribution < 1.29 is 341 Å². The number of azo groups is 2. The molecule has 0 saturated carbocycles. The fourth-order valence-corrected chi connectivity index (χ4v) is 14.6. The fraction of sp³-hybridized carbons (Fsp3) is 0.154. The first kappa shape index (κ1) is 108. The predicted molar refractivity (Wildman–Crippen MR) is 353 cm³/mol. The standard InChI is InChI=1S/C52H48ClN15O31S9.7Na/c1-2-26-5-3-4-6-34(26)56-50-62-51(57-36-24-31(98-107(90,91)92)19-27-21-38(99-108(93,94)95)43(45(69)41(27)36)67-65-29-7-10-32(11-8-29)101(73,74)18-15-97-106(87,88)89)64-52(63-50)58-37-25-33(102(75,76)77)20-28-22-40(104(81,82)83)44(46(70)42(28)37)68-66-35-23-30(9-12-39(35)103(78,79)80)55-49-60-47(53)59-48(61-49)54-13-16-100(71,72)17-14-96-105(84,85)86;;;;;;;/h3-12,19-25,69-70H,2,13-18H2,1H3,(H,75,76,77)(H,78,79,80)(H,81,82,83)(H,84,85,86)(H,87,88,89)(H,90,91,92)(H,93,94,95)(H2,54,55,59,60,61)(H3,56,57,58,62,63,64);;;;;;;/q;7*+1/p-7. The summed E-state index contributed by atoms with van der Waals surface area (Å²) in [6, 6.07) is 15.3. The second-order valence-corrected chi connectivity index (χ2v) is 34.1. The van der Waals surface area contributed by atoms with Crippen LogP contribution in [-0.4, -0.2) is 175 Å². The zero-order valence-corrected chi connectivity index (χ0v) is 82.1. The number of fused-ring (bicyclic) bond motifs is 2. The number of hydrogen-bond acceptors (Lipinski definition) is 39. The van der Waals surface area contributed by atoms with Crippen LogP contribution in [0.1, 0.15) is 12.5 Å². The summed E-state index contributed by atoms with van der Waals surface area (Å²) in [4.78, 5) is 33.1. The molecule has 0 aliphatic rings. The minimum atomic E-state index is -6.03. The number of benzene rings is 7. The van der Waals surface area contributed by atoms with E-state index in [2.05, 4.69) is 92.1 Å². The Labute approximate surface area is 809 Å². The topological polar surface area (TPSA) is 749 Å². The van der Waals surface area contributed by atoms with Crippen LogP contribution < -0.4 is 254 Å². The Morgan fingerprint density at radius 2 is 0.965 bits per heavy atom. The third kappa shape index (κ3) is 31.7. The van der Waals surface area contributed by atoms with Gasteiger partial charge in [-0.3, -0.25) is 37.4 Å². The average Bonchev–Trinajstić information content (AvgIpc) is 0.764. The summed E-state index contributed by atoms with van der Waals surface area (Å²) < 4.78 is 316. The van der Waals surface area contributed by atoms with Gasteiger partial charge in [0, 0.05) is 16.8 Å². The molecule has 46 nitrogen and oxygen atoms in total. The summed E-state index contributed by atoms with van der Waals surface area (Å²) in [6.45, 7) is -0.943. The van der Waals surface area contributed by atoms with Gasteiger partial charge in [-0.15, -0.1) is 15.3 Å². The molecule has 7 N–H and O–H groups in total. The van der Waals surface area contributed by atoms with Gasteiger partial charge in [-0.2, -0.15) is 26.9 Å². The van der Waals surface area contributed by atoms with Gasteiger partial charge in [-0.25, -0.2) is 83.9 Å². The van der Waals surface area contributed by atoms with E-state index in [9.17, 15) is 118 Å². The van der Waals surface area contributed by atoms with Gasteiger partial charge in [0.1, 0.15) is 47.5 Å². The fourth-order valence-electron chi connectivity index (χ4n) is 9.23. The molecule has 9 aromatic rings. The number of halogens is 1. The van der Waals surface area contributed by atoms with Crippen LogP contribution in [-0.2, 0) is 106 Å². The normalized spacial score (nSPS) is 13.3. The van der Waals surface area contributed by atoms with Crippen molar-refractivity contribution in [3.8, 4) is 23.0 Å². The second kappa shape index (κ2) is 43.8. The van der Waals surface area contributed by atoms with Crippen molar-refractivity contribution in [2.24, 2.45) is 45.4 Å². The SMILES string of the molecule is CCc1ccccc1N=c1[nH]c(=Nc2cc(OS(=O)(=O)O)cc3cc(OS(=O)(=O)O)c(N=Nc4ccc(S(=O)(=O)CCOS(=O)(=O)[O-])cc4)c([O-])c23)[nH]c(=Nc2cc(S(=O)(=O)[O-])cc3cc(S(=O)(=O)[O-])c(N=Nc4cc(N=c5[nH]c(Cl)nc(=NCCS(=O)(=O)CCOS(=O)(=O)[O-])[nH]5)ccc4S(=O)(=O)[O-])c([O-])c23)[nH]1.[Na+].[Na+].[Na+].[Na+].[Na+].[Na+].[Na+]. The summed E-state index contributed by atoms with van der Waals surface area (Å²) in [5.74, 6) is -7.98. The van der Waals surface area contributed by atoms with Gasteiger partial charge < -0.3 is 46.3 Å². The molecule has 0 aliphatic carbocycles. The summed E-state index contributed by atoms with van der Waals surface area (Å²) >= 11 is 6.08. The van der Waals surface area contributed by atoms with E-state index in [1.54, 1.807) is 19.1 Å². The summed E-state index contributed by atoms with van der Waals surface area (Å²) in [5, 5.41) is 40.9. The molecule has 63 heteroatoms. The number of sulfone groups is 2. The third-order valence-corrected chi connectivity index (χ3v) is 21.3. The first-order chi connectivity index (χ1) is 50.0. The van der Waals surface area contributed by atoms with Crippen molar-refractivity contribution in [3.63, 3.8) is 0 Å². The van der Waals surface area contributed by atoms with E-state index in [0.717, 1.165) is 30.3 Å². The Bertz CT molecular complexity index is 6770. The molecule has 0 unspecified atom stereocenters. The molecule has 2 aromatic heterocycles. The molecule has 9 rings (SSSR count). The van der Waals surface area contributed by atoms with Gasteiger partial charge >= 0.3 is 228 Å². The van der Waals surface area contributed by atoms with Crippen LogP contribution in [0.2, 0.25) is 5.28 Å². The number of aromatic nitrogens is 6. The number of hydrogen-bond donors (Lipinski definition) is 7. The van der Waals surface area contributed by atoms with Crippen LogP contribution in [0.15, 0.2) is 168 Å². The predicted octanol–water partition coefficient (Wildman–Crippen LogP) is -20.7. The van der Waals surface area contributed by atoms with E-state index >= 15 is 0 Å². The monoisotopic (exact) mass is 1850 g/mol. The van der Waals surface area contributed by atoms with Crippen LogP contribution in [0, 0.1) is 0 Å². The quantitative estimate of drug-likeness (QED) is 0.0104. The van der Waals surface area contributed by atoms with Gasteiger partial charge in [-0.05, 0) is 113 Å². The number of para-hydroxylation sites is 1. The number of aromatic amines is 5. The summed E-state index contributed by atoms with van der Waals surface area (Å²) in [5.41, 5.74) is -8.26. The zero-order valence-electron chi connectivity index (χ0n) is 60.0. The van der Waals surface area contributed by atoms with Gasteiger partial charge in [-0.1, -0.05) is 36.6 Å². The molecule has 0 aliphatic heterocycles. The van der Waals surface area contributed by atoms with Crippen molar-refractivity contribution in [3.05, 3.63) is 142 Å². The van der Waals surface area contributed by atoms with E-state index in [1.165, 1.54) is 12.1 Å². The van der Waals surface area contributed by atoms with Gasteiger partial charge in [0.05, 0.1) is 90.7 Å². The number of nitrogens with zero attached hydrogens (tertiary/aromatic N) is 10. The first-order valence-corrected chi connectivity index (χ1v) is 42.1. The van der Waals surface area contributed by atoms with Crippen LogP contribution >= 0.6 is 11.6 Å². The van der Waals surface area contributed by atoms with Crippen LogP contribution in [0.25, 0.3) is 21.5 Å². The smallest absolute Gasteiger partial charge is 0.870 e. The Kier molecular flexibility index (Phi) is 41.2. The number of H-pyrrole nitrogens is 5. The van der Waals surface area contributed by atoms with Crippen LogP contribution in [0.5, 0.6) is 23.0 Å². The van der Waals surface area contributed by atoms with Crippen molar-refractivity contribution in [2.45, 2.75) is 32.9 Å². The molecule has 0 fully saturated rings. The number of rotatable bonds is 28. The van der Waals surface area contributed by atoms with E-state index in [4.69, 9.17) is 11.6 Å². The molecular weight excluding hydrogens is 1820 g/mol. The average molecular weight is 1860 g/mol. The maximum absolute atomic E-state index is 15.0. The molecule has 0 saturated heterocycles. The zero-order chi connectivity index (χ0) is 79.5. The van der Waals surface area contributed by atoms with Crippen molar-refractivity contribution >= 4 is 170 Å². The number of aryl methyl sites for hydroxylation is 1. The molecule has 7 aromatic carbocycles. The van der Waals surface area contributed by atoms with Crippen molar-refractivity contribution in [1.82, 2.24) is 29.9 Å². The molecule has 0 amide bonds. The molecule has 578 valence electrons. The van der Waals surface area contributed by atoms with Crippen molar-refractivity contribution in [2.75, 3.05) is 37.0 Å². The Morgan fingerprint density at radius 1 is 0.461 bits per heavy atom. The molecule has 0 atom stereocenters. The minimum Gasteiger partial charge on any atom is -0.870 e. The van der Waals surface area contributed by atoms with E-state index in [-0.39, 0.29) is 218 Å². The first-order valence-electron chi connectivity index (χ1n) is 28.6. The Balaban J connectivity index is 0.00000641. The molecule has 0 bridgehead atoms. The van der Waals surface area contributed by atoms with Gasteiger partial charge in [0.15, 0.2) is 25.4 Å². The van der Waals surface area contributed by atoms with E-state index < -0.39 is 260 Å². The summed E-state index contributed by atoms with van der Waals surface area (Å²) in [7, 11) is -47.5. The second-order valence-electron chi connectivity index (χ2n) is 21.1. The van der Waals surface area contributed by atoms with Gasteiger partial charge in [0.25, 0.3) is 0 Å². The summed E-state index contributed by atoms with van der Waals surface area (Å²) in [6.07, 6.45) is 0.296. The molecular formula is C52H41ClN15Na7O31S9. The maximum atomic E-state index is 15.0. The third-order valence-electron chi connectivity index (χ3n) is 13.6. The van der Waals surface area contributed by atoms with E-state index in [0.29, 0.717) is 60.5 Å². The molecule has 2 heterocycles. The Morgan fingerprint density at radius 3 is 1.50 bits per heavy atom. The molecule has 0 spiro atoms. The largest absolute Gasteiger partial charge is 1.00 e. The molecule has 115 heavy (non-hydrogen) atoms. The minimum absolute atomic E-state index is 0. The van der Waals surface area contributed by atoms with Crippen LogP contribution in [0.4, 0.5) is 45.5 Å².